The Bertz CT molecular complexity index is 310. The summed E-state index contributed by atoms with van der Waals surface area (Å²) in [5, 5.41) is 0. The molecule has 0 aromatic carbocycles. The van der Waals surface area contributed by atoms with Gasteiger partial charge in [-0.3, -0.25) is 9.05 Å². The molecule has 0 bridgehead atoms. The molecule has 0 aromatic rings. The van der Waals surface area contributed by atoms with Gasteiger partial charge in [0.05, 0.1) is 13.2 Å². The molecule has 0 rings (SSSR count). The van der Waals surface area contributed by atoms with E-state index < -0.39 is 7.82 Å². The molecule has 0 saturated carbocycles. The second kappa shape index (κ2) is 18.9. The number of phosphoric ester groups is 1. The first-order valence-electron chi connectivity index (χ1n) is 10.7. The maximum atomic E-state index is 11.4. The summed E-state index contributed by atoms with van der Waals surface area (Å²) in [4.78, 5) is 9.37. The van der Waals surface area contributed by atoms with Gasteiger partial charge in [0.2, 0.25) is 0 Å². The standard InChI is InChI=1S/C20H43O4P/c1-3-5-6-7-8-9-10-11-12-13-14-15-16-17-18-20-24-25(21,22)23-19-4-2/h3-20H2,1-2H3,(H,21,22). The van der Waals surface area contributed by atoms with E-state index in [1.165, 1.54) is 83.5 Å². The van der Waals surface area contributed by atoms with Crippen LogP contribution in [0, 0.1) is 0 Å². The van der Waals surface area contributed by atoms with Crippen molar-refractivity contribution in [1.82, 2.24) is 0 Å². The molecule has 0 amide bonds. The Kier molecular flexibility index (Phi) is 19.0. The maximum absolute atomic E-state index is 11.4. The SMILES string of the molecule is CCCCCCCCCCCCCCCCCOP(=O)(O)OCCC. The van der Waals surface area contributed by atoms with Crippen LogP contribution in [0.2, 0.25) is 0 Å². The molecule has 0 aliphatic heterocycles. The van der Waals surface area contributed by atoms with Crippen LogP contribution in [0.15, 0.2) is 0 Å². The smallest absolute Gasteiger partial charge is 0.302 e. The molecule has 0 aliphatic rings. The summed E-state index contributed by atoms with van der Waals surface area (Å²) < 4.78 is 21.2. The Balaban J connectivity index is 3.15. The Labute approximate surface area is 156 Å². The normalized spacial score (nSPS) is 13.9. The molecule has 4 nitrogen and oxygen atoms in total. The maximum Gasteiger partial charge on any atom is 0.472 e. The van der Waals surface area contributed by atoms with Gasteiger partial charge in [-0.1, -0.05) is 104 Å². The first-order valence-corrected chi connectivity index (χ1v) is 12.2. The van der Waals surface area contributed by atoms with Crippen LogP contribution in [0.25, 0.3) is 0 Å². The average Bonchev–Trinajstić information content (AvgIpc) is 2.59. The van der Waals surface area contributed by atoms with E-state index in [9.17, 15) is 9.46 Å². The van der Waals surface area contributed by atoms with Crippen LogP contribution in [0.4, 0.5) is 0 Å². The molecule has 0 radical (unpaired) electrons. The highest BCUT2D eigenvalue weighted by Crippen LogP contribution is 2.43. The minimum Gasteiger partial charge on any atom is -0.302 e. The van der Waals surface area contributed by atoms with E-state index in [0.717, 1.165) is 12.8 Å². The van der Waals surface area contributed by atoms with Crippen molar-refractivity contribution in [3.05, 3.63) is 0 Å². The van der Waals surface area contributed by atoms with Gasteiger partial charge >= 0.3 is 7.82 Å². The van der Waals surface area contributed by atoms with E-state index in [1.807, 2.05) is 6.92 Å². The Morgan fingerprint density at radius 2 is 0.920 bits per heavy atom. The third-order valence-corrected chi connectivity index (χ3v) is 5.48. The van der Waals surface area contributed by atoms with Crippen molar-refractivity contribution in [2.75, 3.05) is 13.2 Å². The summed E-state index contributed by atoms with van der Waals surface area (Å²) in [6.45, 7) is 4.75. The van der Waals surface area contributed by atoms with Gasteiger partial charge in [-0.2, -0.15) is 0 Å². The molecule has 0 aromatic heterocycles. The lowest BCUT2D eigenvalue weighted by atomic mass is 10.0. The average molecular weight is 379 g/mol. The van der Waals surface area contributed by atoms with Gasteiger partial charge < -0.3 is 4.89 Å². The van der Waals surface area contributed by atoms with Crippen LogP contribution in [0.3, 0.4) is 0 Å². The molecule has 0 fully saturated rings. The quantitative estimate of drug-likeness (QED) is 0.177. The Hall–Kier alpha value is 0.110. The molecule has 1 atom stereocenters. The second-order valence-electron chi connectivity index (χ2n) is 7.08. The molecule has 0 spiro atoms. The van der Waals surface area contributed by atoms with Crippen molar-refractivity contribution < 1.29 is 18.5 Å². The zero-order valence-corrected chi connectivity index (χ0v) is 17.7. The van der Waals surface area contributed by atoms with Gasteiger partial charge in [-0.05, 0) is 12.8 Å². The summed E-state index contributed by atoms with van der Waals surface area (Å²) in [5.41, 5.74) is 0. The topological polar surface area (TPSA) is 55.8 Å². The molecule has 5 heteroatoms. The van der Waals surface area contributed by atoms with Crippen molar-refractivity contribution in [1.29, 1.82) is 0 Å². The lowest BCUT2D eigenvalue weighted by molar-refractivity contribution is 0.147. The fourth-order valence-electron chi connectivity index (χ4n) is 2.90. The fraction of sp³-hybridized carbons (Fsp3) is 1.00. The van der Waals surface area contributed by atoms with Gasteiger partial charge in [-0.25, -0.2) is 4.57 Å². The number of hydrogen-bond donors (Lipinski definition) is 1. The van der Waals surface area contributed by atoms with Crippen molar-refractivity contribution >= 4 is 7.82 Å². The molecule has 1 unspecified atom stereocenters. The van der Waals surface area contributed by atoms with Crippen molar-refractivity contribution in [3.8, 4) is 0 Å². The molecule has 1 N–H and O–H groups in total. The molecular formula is C20H43O4P. The second-order valence-corrected chi connectivity index (χ2v) is 8.54. The highest BCUT2D eigenvalue weighted by molar-refractivity contribution is 7.47. The largest absolute Gasteiger partial charge is 0.472 e. The third-order valence-electron chi connectivity index (χ3n) is 4.46. The lowest BCUT2D eigenvalue weighted by Gasteiger charge is -2.11. The van der Waals surface area contributed by atoms with Crippen LogP contribution >= 0.6 is 7.82 Å². The number of hydrogen-bond acceptors (Lipinski definition) is 3. The van der Waals surface area contributed by atoms with Crippen LogP contribution < -0.4 is 0 Å². The van der Waals surface area contributed by atoms with Crippen molar-refractivity contribution in [2.45, 2.75) is 117 Å². The third kappa shape index (κ3) is 20.3. The fourth-order valence-corrected chi connectivity index (χ4v) is 3.74. The van der Waals surface area contributed by atoms with Gasteiger partial charge in [0.1, 0.15) is 0 Å². The van der Waals surface area contributed by atoms with Gasteiger partial charge in [0, 0.05) is 0 Å². The van der Waals surface area contributed by atoms with Gasteiger partial charge in [0.25, 0.3) is 0 Å². The summed E-state index contributed by atoms with van der Waals surface area (Å²) in [5.74, 6) is 0. The highest BCUT2D eigenvalue weighted by atomic mass is 31.2. The van der Waals surface area contributed by atoms with Crippen molar-refractivity contribution in [3.63, 3.8) is 0 Å². The minimum absolute atomic E-state index is 0.270. The molecule has 25 heavy (non-hydrogen) atoms. The number of phosphoric acid groups is 1. The summed E-state index contributed by atoms with van der Waals surface area (Å²) >= 11 is 0. The van der Waals surface area contributed by atoms with E-state index in [-0.39, 0.29) is 6.61 Å². The molecule has 152 valence electrons. The summed E-state index contributed by atoms with van der Waals surface area (Å²) in [6.07, 6.45) is 20.3. The lowest BCUT2D eigenvalue weighted by Crippen LogP contribution is -1.98. The Morgan fingerprint density at radius 3 is 1.32 bits per heavy atom. The van der Waals surface area contributed by atoms with Crippen LogP contribution in [-0.4, -0.2) is 18.1 Å². The van der Waals surface area contributed by atoms with Gasteiger partial charge in [-0.15, -0.1) is 0 Å². The number of unbranched alkanes of at least 4 members (excludes halogenated alkanes) is 14. The van der Waals surface area contributed by atoms with Crippen LogP contribution in [0.1, 0.15) is 117 Å². The van der Waals surface area contributed by atoms with E-state index in [1.54, 1.807) is 0 Å². The highest BCUT2D eigenvalue weighted by Gasteiger charge is 2.19. The molecule has 0 aliphatic carbocycles. The monoisotopic (exact) mass is 378 g/mol. The van der Waals surface area contributed by atoms with Gasteiger partial charge in [0.15, 0.2) is 0 Å². The zero-order valence-electron chi connectivity index (χ0n) is 16.8. The van der Waals surface area contributed by atoms with Crippen LogP contribution in [0.5, 0.6) is 0 Å². The predicted octanol–water partition coefficient (Wildman–Crippen LogP) is 7.40. The molecule has 0 saturated heterocycles. The first kappa shape index (κ1) is 25.1. The molecular weight excluding hydrogens is 335 g/mol. The minimum atomic E-state index is -3.80. The van der Waals surface area contributed by atoms with E-state index in [0.29, 0.717) is 13.0 Å². The van der Waals surface area contributed by atoms with E-state index in [2.05, 4.69) is 6.92 Å². The number of rotatable bonds is 20. The van der Waals surface area contributed by atoms with E-state index in [4.69, 9.17) is 9.05 Å². The molecule has 0 heterocycles. The summed E-state index contributed by atoms with van der Waals surface area (Å²) in [6, 6.07) is 0. The zero-order chi connectivity index (χ0) is 18.6. The summed E-state index contributed by atoms with van der Waals surface area (Å²) in [7, 11) is -3.80. The van der Waals surface area contributed by atoms with Crippen molar-refractivity contribution in [2.24, 2.45) is 0 Å². The Morgan fingerprint density at radius 1 is 0.560 bits per heavy atom. The first-order chi connectivity index (χ1) is 12.1. The van der Waals surface area contributed by atoms with E-state index >= 15 is 0 Å². The van der Waals surface area contributed by atoms with Crippen LogP contribution in [-0.2, 0) is 13.6 Å². The predicted molar refractivity (Wildman–Crippen MR) is 107 cm³/mol.